The van der Waals surface area contributed by atoms with Gasteiger partial charge in [0.05, 0.1) is 5.92 Å². The Bertz CT molecular complexity index is 425. The lowest BCUT2D eigenvalue weighted by Gasteiger charge is -2.41. The first kappa shape index (κ1) is 13.7. The Balaban J connectivity index is 1.76. The van der Waals surface area contributed by atoms with Crippen molar-refractivity contribution in [2.75, 3.05) is 6.54 Å². The maximum Gasteiger partial charge on any atom is 0.320 e. The molecule has 3 rings (SSSR count). The Morgan fingerprint density at radius 1 is 1.15 bits per heavy atom. The third kappa shape index (κ3) is 1.98. The van der Waals surface area contributed by atoms with Crippen LogP contribution < -0.4 is 0 Å². The fraction of sp³-hybridized carbons (Fsp3) is 0.867. The first-order valence-electron chi connectivity index (χ1n) is 7.82. The van der Waals surface area contributed by atoms with Crippen LogP contribution in [0.15, 0.2) is 0 Å². The number of piperidine rings is 1. The average Bonchev–Trinajstić information content (AvgIpc) is 2.98. The SMILES string of the molecule is CC1CCCN(C(=O)N2C3CCC2C(C(=O)O)C3)C1C. The van der Waals surface area contributed by atoms with Gasteiger partial charge in [0, 0.05) is 24.7 Å². The molecule has 0 radical (unpaired) electrons. The topological polar surface area (TPSA) is 60.9 Å². The number of carbonyl (C=O) groups excluding carboxylic acids is 1. The predicted molar refractivity (Wildman–Crippen MR) is 74.4 cm³/mol. The monoisotopic (exact) mass is 280 g/mol. The highest BCUT2D eigenvalue weighted by atomic mass is 16.4. The molecule has 3 aliphatic heterocycles. The van der Waals surface area contributed by atoms with Gasteiger partial charge in [0.25, 0.3) is 0 Å². The number of aliphatic carboxylic acids is 1. The van der Waals surface area contributed by atoms with Crippen LogP contribution in [0, 0.1) is 11.8 Å². The molecular weight excluding hydrogens is 256 g/mol. The minimum Gasteiger partial charge on any atom is -0.481 e. The minimum atomic E-state index is -0.741. The lowest BCUT2D eigenvalue weighted by molar-refractivity contribution is -0.142. The first-order chi connectivity index (χ1) is 9.50. The number of carbonyl (C=O) groups is 2. The summed E-state index contributed by atoms with van der Waals surface area (Å²) in [5, 5.41) is 9.29. The quantitative estimate of drug-likeness (QED) is 0.800. The summed E-state index contributed by atoms with van der Waals surface area (Å²) in [5.74, 6) is -0.562. The number of hydrogen-bond donors (Lipinski definition) is 1. The van der Waals surface area contributed by atoms with Crippen LogP contribution in [0.25, 0.3) is 0 Å². The van der Waals surface area contributed by atoms with Crippen LogP contribution in [0.2, 0.25) is 0 Å². The zero-order chi connectivity index (χ0) is 14.4. The van der Waals surface area contributed by atoms with Gasteiger partial charge in [0.1, 0.15) is 0 Å². The van der Waals surface area contributed by atoms with Gasteiger partial charge >= 0.3 is 12.0 Å². The van der Waals surface area contributed by atoms with E-state index in [0.717, 1.165) is 25.8 Å². The number of rotatable bonds is 1. The van der Waals surface area contributed by atoms with Crippen molar-refractivity contribution in [3.63, 3.8) is 0 Å². The van der Waals surface area contributed by atoms with E-state index in [0.29, 0.717) is 12.3 Å². The van der Waals surface area contributed by atoms with Gasteiger partial charge in [-0.15, -0.1) is 0 Å². The summed E-state index contributed by atoms with van der Waals surface area (Å²) < 4.78 is 0. The van der Waals surface area contributed by atoms with Crippen LogP contribution >= 0.6 is 0 Å². The summed E-state index contributed by atoms with van der Waals surface area (Å²) in [6.45, 7) is 5.13. The van der Waals surface area contributed by atoms with Gasteiger partial charge in [0.2, 0.25) is 0 Å². The zero-order valence-electron chi connectivity index (χ0n) is 12.3. The van der Waals surface area contributed by atoms with E-state index in [4.69, 9.17) is 0 Å². The number of carboxylic acid groups (broad SMARTS) is 1. The summed E-state index contributed by atoms with van der Waals surface area (Å²) in [5.41, 5.74) is 0. The third-order valence-electron chi connectivity index (χ3n) is 5.69. The van der Waals surface area contributed by atoms with Gasteiger partial charge in [-0.3, -0.25) is 4.79 Å². The molecule has 5 nitrogen and oxygen atoms in total. The van der Waals surface area contributed by atoms with Crippen molar-refractivity contribution in [3.05, 3.63) is 0 Å². The fourth-order valence-corrected chi connectivity index (χ4v) is 4.31. The lowest BCUT2D eigenvalue weighted by atomic mass is 9.89. The number of hydrogen-bond acceptors (Lipinski definition) is 2. The number of fused-ring (bicyclic) bond motifs is 2. The number of nitrogens with zero attached hydrogens (tertiary/aromatic N) is 2. The molecule has 112 valence electrons. The fourth-order valence-electron chi connectivity index (χ4n) is 4.31. The summed E-state index contributed by atoms with van der Waals surface area (Å²) in [4.78, 5) is 28.0. The molecule has 0 aliphatic carbocycles. The molecule has 5 unspecified atom stereocenters. The van der Waals surface area contributed by atoms with Crippen molar-refractivity contribution >= 4 is 12.0 Å². The van der Waals surface area contributed by atoms with Gasteiger partial charge in [-0.25, -0.2) is 4.79 Å². The van der Waals surface area contributed by atoms with Crippen molar-refractivity contribution in [2.24, 2.45) is 11.8 Å². The second kappa shape index (κ2) is 4.93. The first-order valence-corrected chi connectivity index (χ1v) is 7.82. The van der Waals surface area contributed by atoms with Crippen LogP contribution in [0.4, 0.5) is 4.79 Å². The van der Waals surface area contributed by atoms with E-state index in [-0.39, 0.29) is 30.1 Å². The summed E-state index contributed by atoms with van der Waals surface area (Å²) in [7, 11) is 0. The second-order valence-electron chi connectivity index (χ2n) is 6.72. The highest BCUT2D eigenvalue weighted by Gasteiger charge is 2.52. The van der Waals surface area contributed by atoms with Gasteiger partial charge < -0.3 is 14.9 Å². The molecule has 5 atom stereocenters. The summed E-state index contributed by atoms with van der Waals surface area (Å²) in [6, 6.07) is 0.423. The molecule has 0 saturated carbocycles. The molecule has 20 heavy (non-hydrogen) atoms. The Morgan fingerprint density at radius 2 is 1.90 bits per heavy atom. The Kier molecular flexibility index (Phi) is 3.38. The Labute approximate surface area is 119 Å². The largest absolute Gasteiger partial charge is 0.481 e. The molecular formula is C15H24N2O3. The third-order valence-corrected chi connectivity index (χ3v) is 5.69. The maximum absolute atomic E-state index is 12.8. The lowest BCUT2D eigenvalue weighted by Crippen LogP contribution is -2.53. The van der Waals surface area contributed by atoms with Crippen molar-refractivity contribution in [1.29, 1.82) is 0 Å². The van der Waals surface area contributed by atoms with E-state index in [1.54, 1.807) is 0 Å². The van der Waals surface area contributed by atoms with E-state index >= 15 is 0 Å². The number of amides is 2. The van der Waals surface area contributed by atoms with E-state index in [9.17, 15) is 14.7 Å². The Morgan fingerprint density at radius 3 is 2.55 bits per heavy atom. The standard InChI is InChI=1S/C15H24N2O3/c1-9-4-3-7-16(10(9)2)15(20)17-11-5-6-13(17)12(8-11)14(18)19/h9-13H,3-8H2,1-2H3,(H,18,19). The average molecular weight is 280 g/mol. The Hall–Kier alpha value is -1.26. The van der Waals surface area contributed by atoms with Crippen molar-refractivity contribution in [1.82, 2.24) is 9.80 Å². The molecule has 3 aliphatic rings. The molecule has 2 amide bonds. The highest BCUT2D eigenvalue weighted by molar-refractivity contribution is 5.79. The van der Waals surface area contributed by atoms with Crippen LogP contribution in [0.3, 0.4) is 0 Å². The van der Waals surface area contributed by atoms with Crippen molar-refractivity contribution < 1.29 is 14.7 Å². The van der Waals surface area contributed by atoms with Crippen LogP contribution in [0.5, 0.6) is 0 Å². The summed E-state index contributed by atoms with van der Waals surface area (Å²) >= 11 is 0. The maximum atomic E-state index is 12.8. The van der Waals surface area contributed by atoms with Crippen LogP contribution in [-0.4, -0.2) is 51.6 Å². The highest BCUT2D eigenvalue weighted by Crippen LogP contribution is 2.43. The number of likely N-dealkylation sites (tertiary alicyclic amines) is 1. The van der Waals surface area contributed by atoms with Gasteiger partial charge in [-0.05, 0) is 44.9 Å². The molecule has 2 bridgehead atoms. The van der Waals surface area contributed by atoms with Crippen molar-refractivity contribution in [3.8, 4) is 0 Å². The second-order valence-corrected chi connectivity index (χ2v) is 6.72. The molecule has 1 N–H and O–H groups in total. The summed E-state index contributed by atoms with van der Waals surface area (Å²) in [6.07, 6.45) is 4.70. The molecule has 5 heteroatoms. The van der Waals surface area contributed by atoms with Gasteiger partial charge in [0.15, 0.2) is 0 Å². The minimum absolute atomic E-state index is 0.0746. The molecule has 0 aromatic rings. The smallest absolute Gasteiger partial charge is 0.320 e. The molecule has 0 spiro atoms. The predicted octanol–water partition coefficient (Wildman–Crippen LogP) is 2.16. The zero-order valence-corrected chi connectivity index (χ0v) is 12.3. The van der Waals surface area contributed by atoms with Crippen LogP contribution in [-0.2, 0) is 4.79 Å². The van der Waals surface area contributed by atoms with Crippen molar-refractivity contribution in [2.45, 2.75) is 64.1 Å². The molecule has 0 aromatic heterocycles. The molecule has 3 saturated heterocycles. The van der Waals surface area contributed by atoms with Gasteiger partial charge in [-0.1, -0.05) is 6.92 Å². The normalized spacial score (nSPS) is 40.2. The molecule has 3 heterocycles. The molecule has 3 fully saturated rings. The number of carboxylic acids is 1. The van der Waals surface area contributed by atoms with Gasteiger partial charge in [-0.2, -0.15) is 0 Å². The van der Waals surface area contributed by atoms with E-state index in [2.05, 4.69) is 13.8 Å². The van der Waals surface area contributed by atoms with E-state index in [1.807, 2.05) is 9.80 Å². The van der Waals surface area contributed by atoms with E-state index < -0.39 is 5.97 Å². The van der Waals surface area contributed by atoms with E-state index in [1.165, 1.54) is 6.42 Å². The number of urea groups is 1. The molecule has 0 aromatic carbocycles. The van der Waals surface area contributed by atoms with Crippen LogP contribution in [0.1, 0.15) is 46.0 Å².